The summed E-state index contributed by atoms with van der Waals surface area (Å²) in [6, 6.07) is 6.13. The van der Waals surface area contributed by atoms with Crippen LogP contribution in [0, 0.1) is 0 Å². The molecule has 0 radical (unpaired) electrons. The monoisotopic (exact) mass is 353 g/mol. The Morgan fingerprint density at radius 3 is 2.90 bits per heavy atom. The lowest BCUT2D eigenvalue weighted by Crippen LogP contribution is -2.12. The van der Waals surface area contributed by atoms with Crippen LogP contribution < -0.4 is 10.2 Å². The summed E-state index contributed by atoms with van der Waals surface area (Å²) in [5, 5.41) is 20.4. The van der Waals surface area contributed by atoms with Gasteiger partial charge in [-0.3, -0.25) is 4.68 Å². The van der Waals surface area contributed by atoms with Gasteiger partial charge in [0.15, 0.2) is 0 Å². The average Bonchev–Trinajstić information content (AvgIpc) is 2.90. The molecule has 7 heteroatoms. The van der Waals surface area contributed by atoms with Crippen LogP contribution >= 0.6 is 15.9 Å². The van der Waals surface area contributed by atoms with Crippen LogP contribution in [0.3, 0.4) is 0 Å². The summed E-state index contributed by atoms with van der Waals surface area (Å²) in [7, 11) is 4.03. The number of hydrogen-bond donors (Lipinski definition) is 2. The van der Waals surface area contributed by atoms with Gasteiger partial charge < -0.3 is 15.3 Å². The van der Waals surface area contributed by atoms with Crippen molar-refractivity contribution < 1.29 is 5.11 Å². The summed E-state index contributed by atoms with van der Waals surface area (Å²) >= 11 is 3.49. The van der Waals surface area contributed by atoms with Gasteiger partial charge in [-0.2, -0.15) is 0 Å². The van der Waals surface area contributed by atoms with Crippen molar-refractivity contribution in [3.05, 3.63) is 34.6 Å². The van der Waals surface area contributed by atoms with Crippen molar-refractivity contribution in [3.63, 3.8) is 0 Å². The fraction of sp³-hybridized carbons (Fsp3) is 0.429. The number of nitrogens with one attached hydrogen (secondary N) is 1. The zero-order valence-corrected chi connectivity index (χ0v) is 13.8. The van der Waals surface area contributed by atoms with Gasteiger partial charge in [0.05, 0.1) is 24.1 Å². The highest BCUT2D eigenvalue weighted by molar-refractivity contribution is 9.10. The van der Waals surface area contributed by atoms with E-state index in [1.165, 1.54) is 0 Å². The molecule has 0 aliphatic rings. The Balaban J connectivity index is 2.02. The Bertz CT molecular complexity index is 584. The lowest BCUT2D eigenvalue weighted by molar-refractivity contribution is 0.276. The van der Waals surface area contributed by atoms with Gasteiger partial charge in [-0.15, -0.1) is 5.10 Å². The van der Waals surface area contributed by atoms with Crippen molar-refractivity contribution >= 4 is 27.3 Å². The molecule has 1 aromatic carbocycles. The maximum absolute atomic E-state index is 8.81. The van der Waals surface area contributed by atoms with Crippen LogP contribution in [0.2, 0.25) is 0 Å². The van der Waals surface area contributed by atoms with Crippen molar-refractivity contribution in [2.45, 2.75) is 19.5 Å². The number of aryl methyl sites for hydroxylation is 1. The fourth-order valence-electron chi connectivity index (χ4n) is 1.99. The Morgan fingerprint density at radius 2 is 2.19 bits per heavy atom. The Morgan fingerprint density at radius 1 is 1.38 bits per heavy atom. The zero-order valence-electron chi connectivity index (χ0n) is 12.3. The van der Waals surface area contributed by atoms with Crippen LogP contribution in [0.15, 0.2) is 28.9 Å². The largest absolute Gasteiger partial charge is 0.396 e. The summed E-state index contributed by atoms with van der Waals surface area (Å²) in [5.74, 6) is 0. The molecule has 0 fully saturated rings. The molecule has 6 nitrogen and oxygen atoms in total. The number of rotatable bonds is 7. The smallest absolute Gasteiger partial charge is 0.102 e. The number of nitrogens with zero attached hydrogens (tertiary/aromatic N) is 4. The topological polar surface area (TPSA) is 66.2 Å². The molecule has 0 saturated carbocycles. The number of benzene rings is 1. The third-order valence-electron chi connectivity index (χ3n) is 3.03. The van der Waals surface area contributed by atoms with E-state index in [1.54, 1.807) is 4.68 Å². The SMILES string of the molecule is CN(C)c1ccc(Br)cc1NCc1cn(CCCO)nn1. The summed E-state index contributed by atoms with van der Waals surface area (Å²) in [4.78, 5) is 2.06. The van der Waals surface area contributed by atoms with Crippen molar-refractivity contribution in [3.8, 4) is 0 Å². The summed E-state index contributed by atoms with van der Waals surface area (Å²) in [6.45, 7) is 1.46. The van der Waals surface area contributed by atoms with Gasteiger partial charge in [0, 0.05) is 31.7 Å². The third-order valence-corrected chi connectivity index (χ3v) is 3.53. The van der Waals surface area contributed by atoms with E-state index in [1.807, 2.05) is 32.4 Å². The highest BCUT2D eigenvalue weighted by Crippen LogP contribution is 2.28. The molecule has 0 aliphatic carbocycles. The first-order valence-electron chi connectivity index (χ1n) is 6.81. The second kappa shape index (κ2) is 7.42. The number of hydrogen-bond acceptors (Lipinski definition) is 5. The minimum Gasteiger partial charge on any atom is -0.396 e. The van der Waals surface area contributed by atoms with E-state index in [4.69, 9.17) is 5.11 Å². The average molecular weight is 354 g/mol. The molecule has 2 N–H and O–H groups in total. The van der Waals surface area contributed by atoms with Crippen LogP contribution in [0.1, 0.15) is 12.1 Å². The van der Waals surface area contributed by atoms with Gasteiger partial charge in [0.25, 0.3) is 0 Å². The predicted octanol–water partition coefficient (Wildman–Crippen LogP) is 2.10. The van der Waals surface area contributed by atoms with Crippen molar-refractivity contribution in [1.82, 2.24) is 15.0 Å². The van der Waals surface area contributed by atoms with Gasteiger partial charge in [-0.1, -0.05) is 21.1 Å². The molecule has 0 spiro atoms. The van der Waals surface area contributed by atoms with Crippen molar-refractivity contribution in [2.75, 3.05) is 30.9 Å². The van der Waals surface area contributed by atoms with Gasteiger partial charge in [0.1, 0.15) is 5.69 Å². The molecule has 2 aromatic rings. The number of aliphatic hydroxyl groups is 1. The maximum atomic E-state index is 8.81. The first-order valence-corrected chi connectivity index (χ1v) is 7.60. The van der Waals surface area contributed by atoms with E-state index in [9.17, 15) is 0 Å². The molecule has 1 aromatic heterocycles. The third kappa shape index (κ3) is 4.44. The van der Waals surface area contributed by atoms with Crippen LogP contribution in [0.25, 0.3) is 0 Å². The van der Waals surface area contributed by atoms with E-state index in [2.05, 4.69) is 42.5 Å². The maximum Gasteiger partial charge on any atom is 0.102 e. The molecule has 21 heavy (non-hydrogen) atoms. The molecule has 0 saturated heterocycles. The van der Waals surface area contributed by atoms with Crippen molar-refractivity contribution in [2.24, 2.45) is 0 Å². The predicted molar refractivity (Wildman–Crippen MR) is 87.5 cm³/mol. The molecule has 2 rings (SSSR count). The lowest BCUT2D eigenvalue weighted by Gasteiger charge is -2.18. The van der Waals surface area contributed by atoms with Crippen LogP contribution in [0.4, 0.5) is 11.4 Å². The highest BCUT2D eigenvalue weighted by atomic mass is 79.9. The molecule has 0 unspecified atom stereocenters. The number of anilines is 2. The van der Waals surface area contributed by atoms with Gasteiger partial charge in [-0.25, -0.2) is 0 Å². The number of aromatic nitrogens is 3. The molecule has 114 valence electrons. The van der Waals surface area contributed by atoms with Crippen LogP contribution in [-0.4, -0.2) is 40.8 Å². The molecule has 0 atom stereocenters. The zero-order chi connectivity index (χ0) is 15.2. The van der Waals surface area contributed by atoms with E-state index >= 15 is 0 Å². The number of aliphatic hydroxyl groups excluding tert-OH is 1. The quantitative estimate of drug-likeness (QED) is 0.797. The molecule has 0 amide bonds. The molecule has 1 heterocycles. The lowest BCUT2D eigenvalue weighted by atomic mass is 10.2. The highest BCUT2D eigenvalue weighted by Gasteiger charge is 2.06. The van der Waals surface area contributed by atoms with E-state index in [0.29, 0.717) is 19.5 Å². The summed E-state index contributed by atoms with van der Waals surface area (Å²) in [6.07, 6.45) is 2.59. The minimum atomic E-state index is 0.164. The first kappa shape index (κ1) is 15.8. The van der Waals surface area contributed by atoms with Crippen molar-refractivity contribution in [1.29, 1.82) is 0 Å². The fourth-order valence-corrected chi connectivity index (χ4v) is 2.35. The second-order valence-electron chi connectivity index (χ2n) is 4.96. The standard InChI is InChI=1S/C14H20BrN5O/c1-19(2)14-5-4-11(15)8-13(14)16-9-12-10-20(18-17-12)6-3-7-21/h4-5,8,10,16,21H,3,6-7,9H2,1-2H3. The van der Waals surface area contributed by atoms with Crippen LogP contribution in [0.5, 0.6) is 0 Å². The van der Waals surface area contributed by atoms with E-state index in [-0.39, 0.29) is 6.61 Å². The van der Waals surface area contributed by atoms with E-state index < -0.39 is 0 Å². The Labute approximate surface area is 132 Å². The summed E-state index contributed by atoms with van der Waals surface area (Å²) < 4.78 is 2.78. The number of halogens is 1. The van der Waals surface area contributed by atoms with Gasteiger partial charge in [0.2, 0.25) is 0 Å². The molecule has 0 aliphatic heterocycles. The minimum absolute atomic E-state index is 0.164. The molecular weight excluding hydrogens is 334 g/mol. The van der Waals surface area contributed by atoms with Gasteiger partial charge in [-0.05, 0) is 24.6 Å². The molecular formula is C14H20BrN5O. The van der Waals surface area contributed by atoms with Crippen LogP contribution in [-0.2, 0) is 13.1 Å². The second-order valence-corrected chi connectivity index (χ2v) is 5.88. The Hall–Kier alpha value is -1.60. The first-order chi connectivity index (χ1) is 10.1. The Kier molecular flexibility index (Phi) is 5.58. The summed E-state index contributed by atoms with van der Waals surface area (Å²) in [5.41, 5.74) is 3.03. The van der Waals surface area contributed by atoms with E-state index in [0.717, 1.165) is 21.5 Å². The normalized spacial score (nSPS) is 10.7. The molecule has 0 bridgehead atoms. The van der Waals surface area contributed by atoms with Gasteiger partial charge >= 0.3 is 0 Å².